The molecule has 0 bridgehead atoms. The zero-order valence-electron chi connectivity index (χ0n) is 18.6. The topological polar surface area (TPSA) is 39.2 Å². The standard InChI is InChI=1S/C31H23NO2/c33-31(34-22-23-11-4-1-5-12-23)27-18-10-17-26(19-27)30-21-28(24-13-6-2-7-14-24)20-29(32-30)25-15-8-3-9-16-25/h1-21H,22H2. The van der Waals surface area contributed by atoms with Gasteiger partial charge in [0.05, 0.1) is 17.0 Å². The molecular formula is C31H23NO2. The van der Waals surface area contributed by atoms with E-state index >= 15 is 0 Å². The molecule has 5 aromatic rings. The van der Waals surface area contributed by atoms with Crippen molar-refractivity contribution in [1.82, 2.24) is 4.98 Å². The normalized spacial score (nSPS) is 10.6. The molecule has 0 aliphatic rings. The first-order chi connectivity index (χ1) is 16.8. The molecule has 0 saturated carbocycles. The first-order valence-corrected chi connectivity index (χ1v) is 11.2. The van der Waals surface area contributed by atoms with Crippen LogP contribution in [0.1, 0.15) is 15.9 Å². The number of esters is 1. The number of pyridine rings is 1. The van der Waals surface area contributed by atoms with Gasteiger partial charge in [0, 0.05) is 11.1 Å². The molecule has 0 spiro atoms. The molecule has 0 radical (unpaired) electrons. The fourth-order valence-corrected chi connectivity index (χ4v) is 3.84. The highest BCUT2D eigenvalue weighted by Crippen LogP contribution is 2.30. The van der Waals surface area contributed by atoms with E-state index in [0.717, 1.165) is 39.2 Å². The fourth-order valence-electron chi connectivity index (χ4n) is 3.84. The van der Waals surface area contributed by atoms with Gasteiger partial charge >= 0.3 is 5.97 Å². The maximum absolute atomic E-state index is 12.7. The Bertz CT molecular complexity index is 1340. The minimum absolute atomic E-state index is 0.240. The minimum atomic E-state index is -0.354. The molecule has 3 heteroatoms. The third-order valence-corrected chi connectivity index (χ3v) is 5.61. The van der Waals surface area contributed by atoms with Gasteiger partial charge in [0.15, 0.2) is 0 Å². The number of hydrogen-bond donors (Lipinski definition) is 0. The zero-order valence-corrected chi connectivity index (χ0v) is 18.6. The molecule has 1 heterocycles. The Morgan fingerprint density at radius 1 is 0.559 bits per heavy atom. The van der Waals surface area contributed by atoms with Crippen molar-refractivity contribution in [3.05, 3.63) is 139 Å². The van der Waals surface area contributed by atoms with E-state index < -0.39 is 0 Å². The first-order valence-electron chi connectivity index (χ1n) is 11.2. The molecule has 5 rings (SSSR count). The van der Waals surface area contributed by atoms with Gasteiger partial charge in [0.1, 0.15) is 6.61 Å². The van der Waals surface area contributed by atoms with Gasteiger partial charge in [-0.2, -0.15) is 0 Å². The lowest BCUT2D eigenvalue weighted by atomic mass is 9.99. The molecule has 0 fully saturated rings. The monoisotopic (exact) mass is 441 g/mol. The predicted molar refractivity (Wildman–Crippen MR) is 136 cm³/mol. The Morgan fingerprint density at radius 3 is 1.79 bits per heavy atom. The number of hydrogen-bond acceptors (Lipinski definition) is 3. The van der Waals surface area contributed by atoms with Crippen LogP contribution in [-0.4, -0.2) is 11.0 Å². The van der Waals surface area contributed by atoms with E-state index in [1.54, 1.807) is 6.07 Å². The second-order valence-corrected chi connectivity index (χ2v) is 8.00. The average Bonchev–Trinajstić information content (AvgIpc) is 2.93. The van der Waals surface area contributed by atoms with Crippen LogP contribution in [-0.2, 0) is 11.3 Å². The van der Waals surface area contributed by atoms with Crippen LogP contribution in [0.15, 0.2) is 127 Å². The minimum Gasteiger partial charge on any atom is -0.457 e. The van der Waals surface area contributed by atoms with Gasteiger partial charge in [0.2, 0.25) is 0 Å². The number of benzene rings is 4. The summed E-state index contributed by atoms with van der Waals surface area (Å²) < 4.78 is 5.53. The molecule has 0 saturated heterocycles. The Balaban J connectivity index is 1.50. The highest BCUT2D eigenvalue weighted by atomic mass is 16.5. The summed E-state index contributed by atoms with van der Waals surface area (Å²) >= 11 is 0. The maximum atomic E-state index is 12.7. The number of aromatic nitrogens is 1. The van der Waals surface area contributed by atoms with Crippen LogP contribution >= 0.6 is 0 Å². The first kappa shape index (κ1) is 21.4. The third-order valence-electron chi connectivity index (χ3n) is 5.61. The van der Waals surface area contributed by atoms with Crippen LogP contribution in [0.3, 0.4) is 0 Å². The smallest absolute Gasteiger partial charge is 0.338 e. The molecule has 0 amide bonds. The molecule has 3 nitrogen and oxygen atoms in total. The van der Waals surface area contributed by atoms with Crippen molar-refractivity contribution in [1.29, 1.82) is 0 Å². The predicted octanol–water partition coefficient (Wildman–Crippen LogP) is 7.44. The molecule has 0 atom stereocenters. The summed E-state index contributed by atoms with van der Waals surface area (Å²) in [5, 5.41) is 0. The lowest BCUT2D eigenvalue weighted by Gasteiger charge is -2.11. The number of rotatable bonds is 6. The van der Waals surface area contributed by atoms with Gasteiger partial charge in [-0.1, -0.05) is 103 Å². The van der Waals surface area contributed by atoms with E-state index in [1.807, 2.05) is 84.9 Å². The Morgan fingerprint density at radius 2 is 1.12 bits per heavy atom. The van der Waals surface area contributed by atoms with E-state index in [2.05, 4.69) is 36.4 Å². The fraction of sp³-hybridized carbons (Fsp3) is 0.0323. The number of carbonyl (C=O) groups excluding carboxylic acids is 1. The summed E-state index contributed by atoms with van der Waals surface area (Å²) in [6.07, 6.45) is 0. The van der Waals surface area contributed by atoms with Gasteiger partial charge in [-0.15, -0.1) is 0 Å². The van der Waals surface area contributed by atoms with Gasteiger partial charge in [-0.05, 0) is 41.0 Å². The third kappa shape index (κ3) is 4.94. The van der Waals surface area contributed by atoms with E-state index in [1.165, 1.54) is 0 Å². The molecule has 0 aliphatic carbocycles. The maximum Gasteiger partial charge on any atom is 0.338 e. The van der Waals surface area contributed by atoms with Crippen LogP contribution in [0.2, 0.25) is 0 Å². The van der Waals surface area contributed by atoms with Gasteiger partial charge in [-0.3, -0.25) is 0 Å². The molecule has 164 valence electrons. The second kappa shape index (κ2) is 9.97. The van der Waals surface area contributed by atoms with Crippen LogP contribution < -0.4 is 0 Å². The summed E-state index contributed by atoms with van der Waals surface area (Å²) in [6, 6.07) is 41.7. The summed E-state index contributed by atoms with van der Waals surface area (Å²) in [4.78, 5) is 17.7. The van der Waals surface area contributed by atoms with E-state index in [-0.39, 0.29) is 12.6 Å². The second-order valence-electron chi connectivity index (χ2n) is 8.00. The lowest BCUT2D eigenvalue weighted by Crippen LogP contribution is -2.05. The Hall–Kier alpha value is -4.50. The molecular weight excluding hydrogens is 418 g/mol. The molecule has 4 aromatic carbocycles. The van der Waals surface area contributed by atoms with Gasteiger partial charge < -0.3 is 4.74 Å². The van der Waals surface area contributed by atoms with Crippen molar-refractivity contribution in [2.45, 2.75) is 6.61 Å². The average molecular weight is 442 g/mol. The summed E-state index contributed by atoms with van der Waals surface area (Å²) in [6.45, 7) is 0.240. The van der Waals surface area contributed by atoms with E-state index in [4.69, 9.17) is 9.72 Å². The number of ether oxygens (including phenoxy) is 1. The van der Waals surface area contributed by atoms with Gasteiger partial charge in [-0.25, -0.2) is 9.78 Å². The van der Waals surface area contributed by atoms with Crippen LogP contribution in [0, 0.1) is 0 Å². The van der Waals surface area contributed by atoms with Crippen molar-refractivity contribution >= 4 is 5.97 Å². The Labute approximate surface area is 199 Å². The van der Waals surface area contributed by atoms with Crippen molar-refractivity contribution in [2.75, 3.05) is 0 Å². The summed E-state index contributed by atoms with van der Waals surface area (Å²) in [5.74, 6) is -0.354. The Kier molecular flexibility index (Phi) is 6.26. The lowest BCUT2D eigenvalue weighted by molar-refractivity contribution is 0.0473. The highest BCUT2D eigenvalue weighted by Gasteiger charge is 2.12. The van der Waals surface area contributed by atoms with Gasteiger partial charge in [0.25, 0.3) is 0 Å². The quantitative estimate of drug-likeness (QED) is 0.257. The number of nitrogens with zero attached hydrogens (tertiary/aromatic N) is 1. The molecule has 34 heavy (non-hydrogen) atoms. The summed E-state index contributed by atoms with van der Waals surface area (Å²) in [5.41, 5.74) is 7.23. The largest absolute Gasteiger partial charge is 0.457 e. The van der Waals surface area contributed by atoms with Crippen LogP contribution in [0.25, 0.3) is 33.6 Å². The highest BCUT2D eigenvalue weighted by molar-refractivity contribution is 5.91. The summed E-state index contributed by atoms with van der Waals surface area (Å²) in [7, 11) is 0. The van der Waals surface area contributed by atoms with Crippen molar-refractivity contribution in [3.8, 4) is 33.6 Å². The molecule has 1 aromatic heterocycles. The zero-order chi connectivity index (χ0) is 23.2. The molecule has 0 N–H and O–H groups in total. The van der Waals surface area contributed by atoms with Crippen LogP contribution in [0.4, 0.5) is 0 Å². The van der Waals surface area contributed by atoms with E-state index in [9.17, 15) is 4.79 Å². The van der Waals surface area contributed by atoms with Crippen molar-refractivity contribution < 1.29 is 9.53 Å². The van der Waals surface area contributed by atoms with E-state index in [0.29, 0.717) is 5.56 Å². The number of carbonyl (C=O) groups is 1. The van der Waals surface area contributed by atoms with Crippen molar-refractivity contribution in [3.63, 3.8) is 0 Å². The van der Waals surface area contributed by atoms with Crippen LogP contribution in [0.5, 0.6) is 0 Å². The van der Waals surface area contributed by atoms with Crippen molar-refractivity contribution in [2.24, 2.45) is 0 Å². The molecule has 0 aliphatic heterocycles. The molecule has 0 unspecified atom stereocenters. The SMILES string of the molecule is O=C(OCc1ccccc1)c1cccc(-c2cc(-c3ccccc3)cc(-c3ccccc3)n2)c1.